The Labute approximate surface area is 128 Å². The van der Waals surface area contributed by atoms with E-state index in [0.717, 1.165) is 38.6 Å². The third-order valence-electron chi connectivity index (χ3n) is 4.58. The molecule has 4 nitrogen and oxygen atoms in total. The van der Waals surface area contributed by atoms with Crippen molar-refractivity contribution in [2.75, 3.05) is 6.54 Å². The predicted octanol–water partition coefficient (Wildman–Crippen LogP) is 3.89. The Hall–Kier alpha value is -1.06. The molecule has 0 unspecified atom stereocenters. The Balaban J connectivity index is 2.18. The van der Waals surface area contributed by atoms with Gasteiger partial charge in [0.15, 0.2) is 0 Å². The maximum atomic E-state index is 12.0. The van der Waals surface area contributed by atoms with Gasteiger partial charge in [-0.1, -0.05) is 51.9 Å². The molecular weight excluding hydrogens is 266 g/mol. The summed E-state index contributed by atoms with van der Waals surface area (Å²) in [5.74, 6) is -0.743. The lowest BCUT2D eigenvalue weighted by Crippen LogP contribution is -2.32. The minimum absolute atomic E-state index is 0.0340. The summed E-state index contributed by atoms with van der Waals surface area (Å²) in [5.41, 5.74) is -0.281. The van der Waals surface area contributed by atoms with E-state index in [1.54, 1.807) is 0 Å². The van der Waals surface area contributed by atoms with E-state index >= 15 is 0 Å². The van der Waals surface area contributed by atoms with E-state index in [9.17, 15) is 9.59 Å². The first kappa shape index (κ1) is 18.0. The number of rotatable bonds is 11. The lowest BCUT2D eigenvalue weighted by atomic mass is 9.79. The minimum atomic E-state index is -0.777. The Bertz CT molecular complexity index is 322. The van der Waals surface area contributed by atoms with E-state index in [2.05, 4.69) is 12.2 Å². The molecule has 1 amide bonds. The Morgan fingerprint density at radius 3 is 2.24 bits per heavy atom. The fourth-order valence-corrected chi connectivity index (χ4v) is 3.40. The normalized spacial score (nSPS) is 16.8. The molecule has 1 fully saturated rings. The molecule has 122 valence electrons. The van der Waals surface area contributed by atoms with Gasteiger partial charge in [0, 0.05) is 13.0 Å². The van der Waals surface area contributed by atoms with Crippen molar-refractivity contribution < 1.29 is 14.7 Å². The molecule has 4 heteroatoms. The van der Waals surface area contributed by atoms with Crippen molar-refractivity contribution in [2.24, 2.45) is 5.41 Å². The Morgan fingerprint density at radius 2 is 1.62 bits per heavy atom. The average molecular weight is 297 g/mol. The van der Waals surface area contributed by atoms with Gasteiger partial charge in [0.05, 0.1) is 6.42 Å². The first-order valence-electron chi connectivity index (χ1n) is 8.56. The van der Waals surface area contributed by atoms with Gasteiger partial charge in [0.1, 0.15) is 0 Å². The van der Waals surface area contributed by atoms with Gasteiger partial charge in [-0.15, -0.1) is 0 Å². The number of hydrogen-bond acceptors (Lipinski definition) is 2. The van der Waals surface area contributed by atoms with Crippen molar-refractivity contribution in [2.45, 2.75) is 84.0 Å². The number of hydrogen-bond donors (Lipinski definition) is 2. The van der Waals surface area contributed by atoms with Gasteiger partial charge in [-0.25, -0.2) is 0 Å². The van der Waals surface area contributed by atoms with E-state index in [0.29, 0.717) is 6.42 Å². The summed E-state index contributed by atoms with van der Waals surface area (Å²) in [7, 11) is 0. The molecule has 0 heterocycles. The standard InChI is InChI=1S/C17H31NO3/c1-2-3-4-5-6-9-12-18-15(19)13-17(14-16(20)21)10-7-8-11-17/h2-14H2,1H3,(H,18,19)(H,20,21). The molecule has 0 atom stereocenters. The van der Waals surface area contributed by atoms with Crippen LogP contribution in [0.5, 0.6) is 0 Å². The van der Waals surface area contributed by atoms with Crippen LogP contribution in [0.15, 0.2) is 0 Å². The summed E-state index contributed by atoms with van der Waals surface area (Å²) < 4.78 is 0. The lowest BCUT2D eigenvalue weighted by molar-refractivity contribution is -0.140. The number of carbonyl (C=O) groups excluding carboxylic acids is 1. The van der Waals surface area contributed by atoms with E-state index in [1.807, 2.05) is 0 Å². The molecule has 0 spiro atoms. The third kappa shape index (κ3) is 7.49. The highest BCUT2D eigenvalue weighted by atomic mass is 16.4. The summed E-state index contributed by atoms with van der Waals surface area (Å²) >= 11 is 0. The summed E-state index contributed by atoms with van der Waals surface area (Å²) in [6.45, 7) is 2.93. The number of carboxylic acids is 1. The average Bonchev–Trinajstić information content (AvgIpc) is 2.84. The van der Waals surface area contributed by atoms with E-state index in [4.69, 9.17) is 5.11 Å². The number of carboxylic acid groups (broad SMARTS) is 1. The molecule has 0 aromatic carbocycles. The highest BCUT2D eigenvalue weighted by molar-refractivity contribution is 5.78. The fourth-order valence-electron chi connectivity index (χ4n) is 3.40. The van der Waals surface area contributed by atoms with Gasteiger partial charge in [0.2, 0.25) is 5.91 Å². The van der Waals surface area contributed by atoms with Crippen LogP contribution in [-0.4, -0.2) is 23.5 Å². The van der Waals surface area contributed by atoms with Crippen molar-refractivity contribution in [3.8, 4) is 0 Å². The van der Waals surface area contributed by atoms with Crippen LogP contribution in [0, 0.1) is 5.41 Å². The van der Waals surface area contributed by atoms with Gasteiger partial charge < -0.3 is 10.4 Å². The fraction of sp³-hybridized carbons (Fsp3) is 0.882. The SMILES string of the molecule is CCCCCCCCNC(=O)CC1(CC(=O)O)CCCC1. The van der Waals surface area contributed by atoms with E-state index in [-0.39, 0.29) is 17.7 Å². The summed E-state index contributed by atoms with van der Waals surface area (Å²) in [5, 5.41) is 12.0. The van der Waals surface area contributed by atoms with Gasteiger partial charge in [0.25, 0.3) is 0 Å². The summed E-state index contributed by atoms with van der Waals surface area (Å²) in [4.78, 5) is 23.0. The molecule has 0 radical (unpaired) electrons. The molecule has 0 aromatic heterocycles. The third-order valence-corrected chi connectivity index (χ3v) is 4.58. The number of amides is 1. The van der Waals surface area contributed by atoms with Gasteiger partial charge >= 0.3 is 5.97 Å². The molecule has 1 aliphatic rings. The largest absolute Gasteiger partial charge is 0.481 e. The highest BCUT2D eigenvalue weighted by Gasteiger charge is 2.37. The first-order chi connectivity index (χ1) is 10.1. The van der Waals surface area contributed by atoms with Gasteiger partial charge in [-0.2, -0.15) is 0 Å². The maximum absolute atomic E-state index is 12.0. The van der Waals surface area contributed by atoms with Crippen LogP contribution in [0.3, 0.4) is 0 Å². The van der Waals surface area contributed by atoms with Crippen molar-refractivity contribution >= 4 is 11.9 Å². The molecule has 0 saturated heterocycles. The highest BCUT2D eigenvalue weighted by Crippen LogP contribution is 2.43. The van der Waals surface area contributed by atoms with Crippen LogP contribution < -0.4 is 5.32 Å². The molecule has 0 aliphatic heterocycles. The van der Waals surface area contributed by atoms with Crippen molar-refractivity contribution in [1.82, 2.24) is 5.32 Å². The molecule has 0 aromatic rings. The molecule has 21 heavy (non-hydrogen) atoms. The Kier molecular flexibility index (Phi) is 8.40. The molecule has 0 bridgehead atoms. The zero-order valence-corrected chi connectivity index (χ0v) is 13.5. The minimum Gasteiger partial charge on any atom is -0.481 e. The van der Waals surface area contributed by atoms with Crippen LogP contribution in [0.2, 0.25) is 0 Å². The quantitative estimate of drug-likeness (QED) is 0.569. The molecular formula is C17H31NO3. The second kappa shape index (κ2) is 9.80. The zero-order valence-electron chi connectivity index (χ0n) is 13.5. The zero-order chi connectivity index (χ0) is 15.6. The lowest BCUT2D eigenvalue weighted by Gasteiger charge is -2.26. The van der Waals surface area contributed by atoms with Gasteiger partial charge in [-0.3, -0.25) is 9.59 Å². The summed E-state index contributed by atoms with van der Waals surface area (Å²) in [6, 6.07) is 0. The topological polar surface area (TPSA) is 66.4 Å². The van der Waals surface area contributed by atoms with Gasteiger partial charge in [-0.05, 0) is 24.7 Å². The number of nitrogens with one attached hydrogen (secondary N) is 1. The predicted molar refractivity (Wildman–Crippen MR) is 84.2 cm³/mol. The maximum Gasteiger partial charge on any atom is 0.303 e. The van der Waals surface area contributed by atoms with Crippen LogP contribution in [0.1, 0.15) is 84.0 Å². The molecule has 2 N–H and O–H groups in total. The second-order valence-electron chi connectivity index (χ2n) is 6.57. The van der Waals surface area contributed by atoms with E-state index in [1.165, 1.54) is 32.1 Å². The Morgan fingerprint density at radius 1 is 1.00 bits per heavy atom. The summed E-state index contributed by atoms with van der Waals surface area (Å²) in [6.07, 6.45) is 11.7. The van der Waals surface area contributed by atoms with Crippen molar-refractivity contribution in [3.05, 3.63) is 0 Å². The van der Waals surface area contributed by atoms with Crippen LogP contribution in [0.4, 0.5) is 0 Å². The van der Waals surface area contributed by atoms with Crippen molar-refractivity contribution in [1.29, 1.82) is 0 Å². The smallest absolute Gasteiger partial charge is 0.303 e. The van der Waals surface area contributed by atoms with E-state index < -0.39 is 5.97 Å². The number of aliphatic carboxylic acids is 1. The molecule has 1 saturated carbocycles. The second-order valence-corrected chi connectivity index (χ2v) is 6.57. The molecule has 1 rings (SSSR count). The number of carbonyl (C=O) groups is 2. The van der Waals surface area contributed by atoms with Crippen LogP contribution >= 0.6 is 0 Å². The molecule has 1 aliphatic carbocycles. The van der Waals surface area contributed by atoms with Crippen molar-refractivity contribution in [3.63, 3.8) is 0 Å². The number of unbranched alkanes of at least 4 members (excludes halogenated alkanes) is 5. The monoisotopic (exact) mass is 297 g/mol. The first-order valence-corrected chi connectivity index (χ1v) is 8.56. The van der Waals surface area contributed by atoms with Crippen LogP contribution in [0.25, 0.3) is 0 Å². The van der Waals surface area contributed by atoms with Crippen LogP contribution in [-0.2, 0) is 9.59 Å².